The van der Waals surface area contributed by atoms with Crippen molar-refractivity contribution in [2.45, 2.75) is 13.8 Å². The molecule has 0 bridgehead atoms. The number of aromatic nitrogens is 1. The summed E-state index contributed by atoms with van der Waals surface area (Å²) in [4.78, 5) is 14.7. The average Bonchev–Trinajstić information content (AvgIpc) is 2.42. The summed E-state index contributed by atoms with van der Waals surface area (Å²) in [5, 5.41) is 17.8. The van der Waals surface area contributed by atoms with Gasteiger partial charge in [-0.3, -0.25) is 4.98 Å². The Balaban J connectivity index is 2.38. The lowest BCUT2D eigenvalue weighted by Crippen LogP contribution is -1.98. The van der Waals surface area contributed by atoms with Crippen LogP contribution >= 0.6 is 0 Å². The molecule has 2 rings (SSSR count). The molecular weight excluding hydrogens is 256 g/mol. The van der Waals surface area contributed by atoms with Gasteiger partial charge in [0.25, 0.3) is 0 Å². The molecule has 0 atom stereocenters. The summed E-state index contributed by atoms with van der Waals surface area (Å²) in [5.74, 6) is -0.106. The van der Waals surface area contributed by atoms with Gasteiger partial charge in [-0.2, -0.15) is 5.26 Å². The van der Waals surface area contributed by atoms with Crippen LogP contribution in [-0.2, 0) is 0 Å². The zero-order valence-electron chi connectivity index (χ0n) is 11.0. The zero-order chi connectivity index (χ0) is 14.7. The lowest BCUT2D eigenvalue weighted by Gasteiger charge is -2.12. The number of nitrogens with zero attached hydrogens (tertiary/aromatic N) is 2. The van der Waals surface area contributed by atoms with Crippen molar-refractivity contribution in [1.82, 2.24) is 4.98 Å². The number of hydrogen-bond acceptors (Lipinski definition) is 4. The van der Waals surface area contributed by atoms with Gasteiger partial charge in [0.1, 0.15) is 11.5 Å². The minimum atomic E-state index is -1.06. The molecule has 0 aliphatic carbocycles. The predicted molar refractivity (Wildman–Crippen MR) is 71.9 cm³/mol. The fourth-order valence-electron chi connectivity index (χ4n) is 1.89. The number of aromatic carboxylic acids is 1. The molecule has 100 valence electrons. The molecule has 0 spiro atoms. The van der Waals surface area contributed by atoms with Crippen LogP contribution in [0, 0.1) is 25.2 Å². The number of benzene rings is 1. The van der Waals surface area contributed by atoms with E-state index in [1.165, 1.54) is 18.5 Å². The highest BCUT2D eigenvalue weighted by atomic mass is 16.5. The third-order valence-electron chi connectivity index (χ3n) is 2.77. The van der Waals surface area contributed by atoms with Crippen molar-refractivity contribution in [2.24, 2.45) is 0 Å². The van der Waals surface area contributed by atoms with Crippen LogP contribution in [0.15, 0.2) is 30.6 Å². The first-order chi connectivity index (χ1) is 9.51. The second-order valence-corrected chi connectivity index (χ2v) is 4.37. The lowest BCUT2D eigenvalue weighted by molar-refractivity contribution is 0.0696. The number of carbonyl (C=O) groups is 1. The van der Waals surface area contributed by atoms with Crippen molar-refractivity contribution in [3.05, 3.63) is 52.8 Å². The van der Waals surface area contributed by atoms with Crippen molar-refractivity contribution < 1.29 is 14.6 Å². The van der Waals surface area contributed by atoms with E-state index >= 15 is 0 Å². The first-order valence-corrected chi connectivity index (χ1v) is 5.89. The Kier molecular flexibility index (Phi) is 3.67. The van der Waals surface area contributed by atoms with Gasteiger partial charge in [0, 0.05) is 6.20 Å². The third kappa shape index (κ3) is 2.75. The monoisotopic (exact) mass is 268 g/mol. The summed E-state index contributed by atoms with van der Waals surface area (Å²) < 4.78 is 5.69. The van der Waals surface area contributed by atoms with Crippen LogP contribution in [0.4, 0.5) is 0 Å². The third-order valence-corrected chi connectivity index (χ3v) is 2.77. The Morgan fingerprint density at radius 1 is 1.25 bits per heavy atom. The first kappa shape index (κ1) is 13.6. The summed E-state index contributed by atoms with van der Waals surface area (Å²) in [6.45, 7) is 3.66. The van der Waals surface area contributed by atoms with Crippen molar-refractivity contribution in [3.8, 4) is 17.6 Å². The molecule has 0 fully saturated rings. The molecule has 5 nitrogen and oxygen atoms in total. The van der Waals surface area contributed by atoms with E-state index in [9.17, 15) is 4.79 Å². The molecule has 0 saturated heterocycles. The van der Waals surface area contributed by atoms with E-state index in [-0.39, 0.29) is 5.56 Å². The van der Waals surface area contributed by atoms with Crippen LogP contribution < -0.4 is 4.74 Å². The van der Waals surface area contributed by atoms with E-state index in [1.807, 2.05) is 13.8 Å². The maximum absolute atomic E-state index is 10.9. The number of ether oxygens (including phenoxy) is 1. The van der Waals surface area contributed by atoms with Crippen LogP contribution in [0.3, 0.4) is 0 Å². The Morgan fingerprint density at radius 2 is 1.90 bits per heavy atom. The van der Waals surface area contributed by atoms with E-state index in [2.05, 4.69) is 11.1 Å². The SMILES string of the molecule is Cc1cc(C#N)cc(C)c1Oc1cncc(C(=O)O)c1. The van der Waals surface area contributed by atoms with Crippen molar-refractivity contribution in [1.29, 1.82) is 5.26 Å². The number of pyridine rings is 1. The second-order valence-electron chi connectivity index (χ2n) is 4.37. The Hall–Kier alpha value is -2.87. The molecule has 1 N–H and O–H groups in total. The van der Waals surface area contributed by atoms with E-state index in [0.29, 0.717) is 17.1 Å². The molecule has 0 aliphatic heterocycles. The Morgan fingerprint density at radius 3 is 2.45 bits per heavy atom. The molecule has 2 aromatic rings. The molecule has 1 heterocycles. The van der Waals surface area contributed by atoms with Gasteiger partial charge in [-0.25, -0.2) is 4.79 Å². The standard InChI is InChI=1S/C15H12N2O3/c1-9-3-11(6-16)4-10(2)14(9)20-13-5-12(15(18)19)7-17-8-13/h3-5,7-8H,1-2H3,(H,18,19). The van der Waals surface area contributed by atoms with Gasteiger partial charge in [0.2, 0.25) is 0 Å². The summed E-state index contributed by atoms with van der Waals surface area (Å²) in [5.41, 5.74) is 2.24. The maximum Gasteiger partial charge on any atom is 0.337 e. The quantitative estimate of drug-likeness (QED) is 0.924. The average molecular weight is 268 g/mol. The minimum absolute atomic E-state index is 0.0615. The van der Waals surface area contributed by atoms with Gasteiger partial charge < -0.3 is 9.84 Å². The van der Waals surface area contributed by atoms with Gasteiger partial charge in [-0.1, -0.05) is 0 Å². The summed E-state index contributed by atoms with van der Waals surface area (Å²) >= 11 is 0. The van der Waals surface area contributed by atoms with E-state index < -0.39 is 5.97 Å². The van der Waals surface area contributed by atoms with Gasteiger partial charge in [0.05, 0.1) is 23.4 Å². The molecule has 1 aromatic carbocycles. The van der Waals surface area contributed by atoms with Crippen LogP contribution in [-0.4, -0.2) is 16.1 Å². The topological polar surface area (TPSA) is 83.2 Å². The number of nitriles is 1. The number of aryl methyl sites for hydroxylation is 2. The molecule has 0 aliphatic rings. The number of carboxylic acids is 1. The first-order valence-electron chi connectivity index (χ1n) is 5.89. The maximum atomic E-state index is 10.9. The van der Waals surface area contributed by atoms with Crippen molar-refractivity contribution in [3.63, 3.8) is 0 Å². The van der Waals surface area contributed by atoms with Crippen molar-refractivity contribution in [2.75, 3.05) is 0 Å². The lowest BCUT2D eigenvalue weighted by atomic mass is 10.1. The summed E-state index contributed by atoms with van der Waals surface area (Å²) in [6, 6.07) is 6.93. The number of carboxylic acid groups (broad SMARTS) is 1. The van der Waals surface area contributed by atoms with E-state index in [4.69, 9.17) is 15.1 Å². The van der Waals surface area contributed by atoms with Gasteiger partial charge in [-0.15, -0.1) is 0 Å². The van der Waals surface area contributed by atoms with Crippen molar-refractivity contribution >= 4 is 5.97 Å². The fraction of sp³-hybridized carbons (Fsp3) is 0.133. The Bertz CT molecular complexity index is 694. The largest absolute Gasteiger partial charge is 0.478 e. The number of rotatable bonds is 3. The number of hydrogen-bond donors (Lipinski definition) is 1. The molecule has 20 heavy (non-hydrogen) atoms. The predicted octanol–water partition coefficient (Wildman–Crippen LogP) is 3.06. The molecule has 0 radical (unpaired) electrons. The van der Waals surface area contributed by atoms with E-state index in [1.54, 1.807) is 12.1 Å². The zero-order valence-corrected chi connectivity index (χ0v) is 11.0. The van der Waals surface area contributed by atoms with Crippen LogP contribution in [0.25, 0.3) is 0 Å². The molecule has 5 heteroatoms. The van der Waals surface area contributed by atoms with Crippen LogP contribution in [0.5, 0.6) is 11.5 Å². The highest BCUT2D eigenvalue weighted by molar-refractivity contribution is 5.87. The normalized spacial score (nSPS) is 9.85. The second kappa shape index (κ2) is 5.41. The highest BCUT2D eigenvalue weighted by Crippen LogP contribution is 2.29. The minimum Gasteiger partial charge on any atom is -0.478 e. The van der Waals surface area contributed by atoms with Gasteiger partial charge >= 0.3 is 5.97 Å². The summed E-state index contributed by atoms with van der Waals surface area (Å²) in [6.07, 6.45) is 2.71. The smallest absolute Gasteiger partial charge is 0.337 e. The Labute approximate surface area is 116 Å². The van der Waals surface area contributed by atoms with Crippen LogP contribution in [0.2, 0.25) is 0 Å². The molecule has 0 unspecified atom stereocenters. The molecular formula is C15H12N2O3. The molecule has 0 saturated carbocycles. The van der Waals surface area contributed by atoms with Gasteiger partial charge in [-0.05, 0) is 43.2 Å². The van der Waals surface area contributed by atoms with Crippen LogP contribution in [0.1, 0.15) is 27.0 Å². The summed E-state index contributed by atoms with van der Waals surface area (Å²) in [7, 11) is 0. The highest BCUT2D eigenvalue weighted by Gasteiger charge is 2.10. The fourth-order valence-corrected chi connectivity index (χ4v) is 1.89. The van der Waals surface area contributed by atoms with E-state index in [0.717, 1.165) is 11.1 Å². The molecule has 0 amide bonds. The molecule has 1 aromatic heterocycles. The van der Waals surface area contributed by atoms with Gasteiger partial charge in [0.15, 0.2) is 0 Å².